The van der Waals surface area contributed by atoms with Crippen molar-refractivity contribution in [3.8, 4) is 0 Å². The van der Waals surface area contributed by atoms with Gasteiger partial charge in [-0.15, -0.1) is 11.3 Å². The average Bonchev–Trinajstić information content (AvgIpc) is 2.99. The predicted molar refractivity (Wildman–Crippen MR) is 78.3 cm³/mol. The summed E-state index contributed by atoms with van der Waals surface area (Å²) < 4.78 is 0. The maximum absolute atomic E-state index is 12.6. The zero-order valence-corrected chi connectivity index (χ0v) is 12.8. The minimum absolute atomic E-state index is 0.0117. The number of aryl methyl sites for hydroxylation is 1. The van der Waals surface area contributed by atoms with Crippen molar-refractivity contribution in [3.63, 3.8) is 0 Å². The van der Waals surface area contributed by atoms with Crippen molar-refractivity contribution in [3.05, 3.63) is 16.1 Å². The highest BCUT2D eigenvalue weighted by atomic mass is 32.1. The fraction of sp³-hybridized carbons (Fsp3) is 0.714. The Kier molecular flexibility index (Phi) is 4.58. The van der Waals surface area contributed by atoms with Crippen LogP contribution < -0.4 is 10.6 Å². The van der Waals surface area contributed by atoms with E-state index in [9.17, 15) is 4.79 Å². The van der Waals surface area contributed by atoms with Gasteiger partial charge in [0.25, 0.3) is 0 Å². The van der Waals surface area contributed by atoms with Crippen LogP contribution in [0.1, 0.15) is 56.3 Å². The molecular weight excluding hydrogens is 258 g/mol. The van der Waals surface area contributed by atoms with Crippen molar-refractivity contribution < 1.29 is 4.79 Å². The minimum Gasteiger partial charge on any atom is -0.346 e. The highest BCUT2D eigenvalue weighted by molar-refractivity contribution is 7.09. The molecule has 1 aliphatic rings. The van der Waals surface area contributed by atoms with E-state index in [1.165, 1.54) is 0 Å². The van der Waals surface area contributed by atoms with Crippen LogP contribution in [-0.2, 0) is 4.79 Å². The van der Waals surface area contributed by atoms with E-state index in [2.05, 4.69) is 22.5 Å². The monoisotopic (exact) mass is 281 g/mol. The van der Waals surface area contributed by atoms with Crippen molar-refractivity contribution in [1.29, 1.82) is 0 Å². The molecule has 19 heavy (non-hydrogen) atoms. The van der Waals surface area contributed by atoms with E-state index < -0.39 is 0 Å². The highest BCUT2D eigenvalue weighted by Crippen LogP contribution is 2.26. The third-order valence-electron chi connectivity index (χ3n) is 3.71. The Morgan fingerprint density at radius 2 is 2.47 bits per heavy atom. The van der Waals surface area contributed by atoms with Crippen molar-refractivity contribution in [1.82, 2.24) is 15.6 Å². The molecule has 1 saturated heterocycles. The van der Waals surface area contributed by atoms with Gasteiger partial charge in [-0.3, -0.25) is 4.79 Å². The van der Waals surface area contributed by atoms with Crippen LogP contribution in [-0.4, -0.2) is 23.0 Å². The lowest BCUT2D eigenvalue weighted by Crippen LogP contribution is -2.53. The van der Waals surface area contributed by atoms with Crippen LogP contribution >= 0.6 is 11.3 Å². The molecule has 5 heteroatoms. The van der Waals surface area contributed by atoms with E-state index in [1.807, 2.05) is 19.2 Å². The van der Waals surface area contributed by atoms with E-state index in [-0.39, 0.29) is 17.5 Å². The van der Waals surface area contributed by atoms with Crippen molar-refractivity contribution in [2.24, 2.45) is 0 Å². The second kappa shape index (κ2) is 6.01. The van der Waals surface area contributed by atoms with Crippen LogP contribution in [0, 0.1) is 6.92 Å². The molecule has 0 spiro atoms. The van der Waals surface area contributed by atoms with Crippen LogP contribution in [0.4, 0.5) is 0 Å². The quantitative estimate of drug-likeness (QED) is 0.872. The molecule has 0 radical (unpaired) electrons. The van der Waals surface area contributed by atoms with Gasteiger partial charge in [0, 0.05) is 11.1 Å². The van der Waals surface area contributed by atoms with Gasteiger partial charge in [-0.25, -0.2) is 4.98 Å². The lowest BCUT2D eigenvalue weighted by atomic mass is 9.90. The normalized spacial score (nSPS) is 24.4. The standard InChI is InChI=1S/C14H23N3OS/c1-4-6-14(7-5-8-15-14)13(18)17-11(3)12-16-10(2)9-19-12/h9,11,15H,4-8H2,1-3H3,(H,17,18). The van der Waals surface area contributed by atoms with Crippen molar-refractivity contribution in [2.75, 3.05) is 6.54 Å². The molecule has 0 aromatic carbocycles. The zero-order chi connectivity index (χ0) is 13.9. The van der Waals surface area contributed by atoms with Gasteiger partial charge in [-0.1, -0.05) is 13.3 Å². The van der Waals surface area contributed by atoms with Gasteiger partial charge in [0.15, 0.2) is 0 Å². The first-order valence-corrected chi connectivity index (χ1v) is 7.93. The third-order valence-corrected chi connectivity index (χ3v) is 4.86. The lowest BCUT2D eigenvalue weighted by Gasteiger charge is -2.29. The van der Waals surface area contributed by atoms with Gasteiger partial charge in [0.05, 0.1) is 11.6 Å². The van der Waals surface area contributed by atoms with Gasteiger partial charge in [0.2, 0.25) is 5.91 Å². The highest BCUT2D eigenvalue weighted by Gasteiger charge is 2.40. The van der Waals surface area contributed by atoms with E-state index >= 15 is 0 Å². The second-order valence-electron chi connectivity index (χ2n) is 5.38. The number of carbonyl (C=O) groups excluding carboxylic acids is 1. The molecule has 2 N–H and O–H groups in total. The minimum atomic E-state index is -0.352. The van der Waals surface area contributed by atoms with Gasteiger partial charge in [-0.05, 0) is 39.7 Å². The number of hydrogen-bond donors (Lipinski definition) is 2. The number of rotatable bonds is 5. The molecule has 1 amide bonds. The fourth-order valence-corrected chi connectivity index (χ4v) is 3.53. The third kappa shape index (κ3) is 3.15. The molecule has 106 valence electrons. The summed E-state index contributed by atoms with van der Waals surface area (Å²) in [6, 6.07) is -0.0117. The van der Waals surface area contributed by atoms with Gasteiger partial charge < -0.3 is 10.6 Å². The van der Waals surface area contributed by atoms with Gasteiger partial charge in [0.1, 0.15) is 5.01 Å². The summed E-state index contributed by atoms with van der Waals surface area (Å²) in [7, 11) is 0. The number of amides is 1. The first-order valence-electron chi connectivity index (χ1n) is 7.05. The van der Waals surface area contributed by atoms with Crippen LogP contribution in [0.15, 0.2) is 5.38 Å². The Hall–Kier alpha value is -0.940. The summed E-state index contributed by atoms with van der Waals surface area (Å²) in [5.41, 5.74) is 0.665. The first kappa shape index (κ1) is 14.5. The van der Waals surface area contributed by atoms with E-state index in [0.717, 1.165) is 42.9 Å². The summed E-state index contributed by atoms with van der Waals surface area (Å²) in [6.45, 7) is 7.05. The lowest BCUT2D eigenvalue weighted by molar-refractivity contribution is -0.128. The van der Waals surface area contributed by atoms with Gasteiger partial charge >= 0.3 is 0 Å². The Labute approximate surface area is 119 Å². The first-order chi connectivity index (χ1) is 9.07. The zero-order valence-electron chi connectivity index (χ0n) is 12.0. The summed E-state index contributed by atoms with van der Waals surface area (Å²) in [5, 5.41) is 9.53. The number of carbonyl (C=O) groups is 1. The average molecular weight is 281 g/mol. The fourth-order valence-electron chi connectivity index (χ4n) is 2.72. The number of thiazole rings is 1. The predicted octanol–water partition coefficient (Wildman–Crippen LogP) is 2.55. The topological polar surface area (TPSA) is 54.0 Å². The SMILES string of the molecule is CCCC1(C(=O)NC(C)c2nc(C)cs2)CCCN1. The molecule has 1 aliphatic heterocycles. The van der Waals surface area contributed by atoms with E-state index in [1.54, 1.807) is 11.3 Å². The van der Waals surface area contributed by atoms with Crippen LogP contribution in [0.5, 0.6) is 0 Å². The molecule has 0 aliphatic carbocycles. The maximum Gasteiger partial charge on any atom is 0.240 e. The summed E-state index contributed by atoms with van der Waals surface area (Å²) in [4.78, 5) is 17.0. The molecular formula is C14H23N3OS. The Balaban J connectivity index is 2.03. The second-order valence-corrected chi connectivity index (χ2v) is 6.27. The molecule has 4 nitrogen and oxygen atoms in total. The Morgan fingerprint density at radius 1 is 1.68 bits per heavy atom. The summed E-state index contributed by atoms with van der Waals surface area (Å²) >= 11 is 1.61. The molecule has 1 aromatic heterocycles. The van der Waals surface area contributed by atoms with Crippen LogP contribution in [0.3, 0.4) is 0 Å². The van der Waals surface area contributed by atoms with Crippen molar-refractivity contribution in [2.45, 2.75) is 58.0 Å². The van der Waals surface area contributed by atoms with Gasteiger partial charge in [-0.2, -0.15) is 0 Å². The van der Waals surface area contributed by atoms with Crippen LogP contribution in [0.2, 0.25) is 0 Å². The Morgan fingerprint density at radius 3 is 3.00 bits per heavy atom. The summed E-state index contributed by atoms with van der Waals surface area (Å²) in [5.74, 6) is 0.132. The van der Waals surface area contributed by atoms with E-state index in [0.29, 0.717) is 0 Å². The number of hydrogen-bond acceptors (Lipinski definition) is 4. The molecule has 1 fully saturated rings. The number of aromatic nitrogens is 1. The molecule has 2 unspecified atom stereocenters. The number of nitrogens with zero attached hydrogens (tertiary/aromatic N) is 1. The molecule has 0 bridgehead atoms. The molecule has 2 rings (SSSR count). The smallest absolute Gasteiger partial charge is 0.240 e. The maximum atomic E-state index is 12.6. The molecule has 0 saturated carbocycles. The largest absolute Gasteiger partial charge is 0.346 e. The molecule has 2 atom stereocenters. The molecule has 2 heterocycles. The summed E-state index contributed by atoms with van der Waals surface area (Å²) in [6.07, 6.45) is 3.95. The van der Waals surface area contributed by atoms with Crippen molar-refractivity contribution >= 4 is 17.2 Å². The van der Waals surface area contributed by atoms with E-state index in [4.69, 9.17) is 0 Å². The van der Waals surface area contributed by atoms with Crippen LogP contribution in [0.25, 0.3) is 0 Å². The molecule has 1 aromatic rings. The Bertz CT molecular complexity index is 438. The number of nitrogens with one attached hydrogen (secondary N) is 2.